The molecule has 0 saturated heterocycles. The highest BCUT2D eigenvalue weighted by atomic mass is 16.5. The summed E-state index contributed by atoms with van der Waals surface area (Å²) in [4.78, 5) is 95.2. The Morgan fingerprint density at radius 3 is 1.47 bits per heavy atom. The number of nitrogens with zero attached hydrogens (tertiary/aromatic N) is 4. The van der Waals surface area contributed by atoms with E-state index in [-0.39, 0.29) is 53.9 Å². The van der Waals surface area contributed by atoms with Gasteiger partial charge in [-0.3, -0.25) is 24.1 Å². The summed E-state index contributed by atoms with van der Waals surface area (Å²) >= 11 is 0. The van der Waals surface area contributed by atoms with Gasteiger partial charge in [-0.15, -0.1) is 0 Å². The van der Waals surface area contributed by atoms with Crippen molar-refractivity contribution in [3.63, 3.8) is 0 Å². The molecule has 4 aliphatic rings. The summed E-state index contributed by atoms with van der Waals surface area (Å²) in [5.74, 6) is 1.61. The highest BCUT2D eigenvalue weighted by Gasteiger charge is 2.45. The van der Waals surface area contributed by atoms with E-state index in [1.165, 1.54) is 49.7 Å². The van der Waals surface area contributed by atoms with Gasteiger partial charge in [0.2, 0.25) is 0 Å². The zero-order valence-electron chi connectivity index (χ0n) is 47.3. The molecule has 8 rings (SSSR count). The van der Waals surface area contributed by atoms with Crippen molar-refractivity contribution in [3.8, 4) is 11.5 Å². The molecule has 77 heavy (non-hydrogen) atoms. The van der Waals surface area contributed by atoms with Crippen LogP contribution in [-0.2, 0) is 48.3 Å². The van der Waals surface area contributed by atoms with Gasteiger partial charge in [0.05, 0.1) is 5.69 Å². The highest BCUT2D eigenvalue weighted by Crippen LogP contribution is 2.42. The summed E-state index contributed by atoms with van der Waals surface area (Å²) in [6.45, 7) is 22.8. The van der Waals surface area contributed by atoms with E-state index in [2.05, 4.69) is 90.9 Å². The second-order valence-corrected chi connectivity index (χ2v) is 21.9. The second-order valence-electron chi connectivity index (χ2n) is 21.9. The van der Waals surface area contributed by atoms with Crippen LogP contribution in [0.5, 0.6) is 11.5 Å². The molecule has 2 unspecified atom stereocenters. The summed E-state index contributed by atoms with van der Waals surface area (Å²) in [6, 6.07) is 29.5. The normalized spacial score (nSPS) is 19.1. The molecule has 2 heterocycles. The molecule has 4 aromatic carbocycles. The van der Waals surface area contributed by atoms with Crippen LogP contribution in [0.15, 0.2) is 84.9 Å². The fourth-order valence-corrected chi connectivity index (χ4v) is 11.2. The van der Waals surface area contributed by atoms with Crippen molar-refractivity contribution in [3.05, 3.63) is 124 Å². The number of carbonyl (C=O) groups excluding carboxylic acids is 8. The average Bonchev–Trinajstić information content (AvgIpc) is 3.41. The molecule has 414 valence electrons. The van der Waals surface area contributed by atoms with Crippen LogP contribution in [0, 0.1) is 13.8 Å². The predicted octanol–water partition coefficient (Wildman–Crippen LogP) is 11.5. The van der Waals surface area contributed by atoms with Crippen molar-refractivity contribution in [1.82, 2.24) is 14.7 Å². The molecule has 0 radical (unpaired) electrons. The molecule has 2 atom stereocenters. The van der Waals surface area contributed by atoms with Crippen molar-refractivity contribution < 1.29 is 47.8 Å². The summed E-state index contributed by atoms with van der Waals surface area (Å²) in [5, 5.41) is 0. The Morgan fingerprint density at radius 2 is 1.04 bits per heavy atom. The number of rotatable bonds is 15. The smallest absolute Gasteiger partial charge is 0.373 e. The summed E-state index contributed by atoms with van der Waals surface area (Å²) < 4.78 is 12.5. The van der Waals surface area contributed by atoms with Gasteiger partial charge in [0, 0.05) is 73.5 Å². The summed E-state index contributed by atoms with van der Waals surface area (Å²) in [7, 11) is 0. The van der Waals surface area contributed by atoms with E-state index in [0.29, 0.717) is 61.0 Å². The van der Waals surface area contributed by atoms with Crippen LogP contribution in [-0.4, -0.2) is 99.0 Å². The third-order valence-corrected chi connectivity index (χ3v) is 15.8. The maximum absolute atomic E-state index is 14.2. The average molecular weight is 1060 g/mol. The van der Waals surface area contributed by atoms with Gasteiger partial charge in [-0.2, -0.15) is 19.2 Å². The van der Waals surface area contributed by atoms with Gasteiger partial charge < -0.3 is 24.2 Å². The Bertz CT molecular complexity index is 2630. The number of benzene rings is 4. The lowest BCUT2D eigenvalue weighted by Crippen LogP contribution is -2.55. The van der Waals surface area contributed by atoms with E-state index in [4.69, 9.17) is 28.7 Å². The van der Waals surface area contributed by atoms with E-state index in [0.717, 1.165) is 61.2 Å². The van der Waals surface area contributed by atoms with Gasteiger partial charge in [-0.05, 0) is 140 Å². The number of ether oxygens (including phenoxy) is 2. The molecular formula is C63H82N4O10. The van der Waals surface area contributed by atoms with Gasteiger partial charge in [0.15, 0.2) is 17.0 Å². The molecule has 0 aromatic heterocycles. The number of Topliss-reactive ketones (excluding diaryl/α,β-unsaturated/α-hetero) is 1. The molecule has 2 aliphatic carbocycles. The van der Waals surface area contributed by atoms with Crippen LogP contribution in [0.25, 0.3) is 0 Å². The molecule has 2 saturated carbocycles. The fourth-order valence-electron chi connectivity index (χ4n) is 11.2. The maximum Gasteiger partial charge on any atom is 0.373 e. The molecule has 14 heteroatoms. The lowest BCUT2D eigenvalue weighted by atomic mass is 9.87. The second kappa shape index (κ2) is 28.6. The lowest BCUT2D eigenvalue weighted by molar-refractivity contribution is -0.193. The van der Waals surface area contributed by atoms with Crippen molar-refractivity contribution >= 4 is 41.5 Å². The van der Waals surface area contributed by atoms with Gasteiger partial charge in [-0.25, -0.2) is 0 Å². The van der Waals surface area contributed by atoms with E-state index in [9.17, 15) is 19.2 Å². The van der Waals surface area contributed by atoms with E-state index in [1.807, 2.05) is 82.8 Å². The van der Waals surface area contributed by atoms with Crippen molar-refractivity contribution in [2.75, 3.05) is 18.0 Å². The Kier molecular flexibility index (Phi) is 22.7. The first-order valence-electron chi connectivity index (χ1n) is 27.8. The topological polar surface area (TPSA) is 168 Å². The molecule has 2 aliphatic heterocycles. The third kappa shape index (κ3) is 15.5. The predicted molar refractivity (Wildman–Crippen MR) is 295 cm³/mol. The minimum Gasteiger partial charge on any atom is -0.479 e. The lowest BCUT2D eigenvalue weighted by Gasteiger charge is -2.42. The molecule has 3 amide bonds. The molecule has 0 bridgehead atoms. The zero-order valence-corrected chi connectivity index (χ0v) is 47.3. The van der Waals surface area contributed by atoms with Gasteiger partial charge in [0.25, 0.3) is 17.7 Å². The largest absolute Gasteiger partial charge is 0.479 e. The SMILES string of the molecule is CCC1(C)Oc2cc(C)c(C(=O)N(C(C)C)C3CCCCC3)cc2CC1=O.CCC1(C)Oc2cc(C)c(C(=O)N(C(C)C)C3CCCCC3)cc2N(CCN(Cc2ccccc2)Cc2ccccc2)C1=O.O=C=O.O=C=O. The summed E-state index contributed by atoms with van der Waals surface area (Å²) in [5.41, 5.74) is 5.47. The Balaban J connectivity index is 0.000000282. The Labute approximate surface area is 456 Å². The van der Waals surface area contributed by atoms with E-state index >= 15 is 0 Å². The molecule has 2 fully saturated rings. The number of amides is 3. The highest BCUT2D eigenvalue weighted by molar-refractivity contribution is 6.05. The maximum atomic E-state index is 14.2. The number of carbonyl (C=O) groups is 4. The number of hydrogen-bond acceptors (Lipinski definition) is 11. The molecule has 4 aromatic rings. The first-order chi connectivity index (χ1) is 36.8. The van der Waals surface area contributed by atoms with Crippen LogP contribution >= 0.6 is 0 Å². The van der Waals surface area contributed by atoms with E-state index in [1.54, 1.807) is 0 Å². The van der Waals surface area contributed by atoms with Gasteiger partial charge in [-0.1, -0.05) is 113 Å². The number of ketones is 1. The van der Waals surface area contributed by atoms with Crippen LogP contribution < -0.4 is 14.4 Å². The van der Waals surface area contributed by atoms with Crippen LogP contribution in [0.2, 0.25) is 0 Å². The van der Waals surface area contributed by atoms with Crippen molar-refractivity contribution in [2.24, 2.45) is 0 Å². The molecule has 0 spiro atoms. The fraction of sp³-hybridized carbons (Fsp3) is 0.524. The van der Waals surface area contributed by atoms with E-state index < -0.39 is 11.2 Å². The number of aryl methyl sites for hydroxylation is 2. The van der Waals surface area contributed by atoms with Crippen LogP contribution in [0.3, 0.4) is 0 Å². The number of hydrogen-bond donors (Lipinski definition) is 0. The standard InChI is InChI=1S/C38H49N3O3.C23H33NO3.2CO2/c1-6-38(5)37(43)40(23-22-39(26-30-16-10-7-11-17-30)27-31-18-12-8-13-19-31)34-25-33(29(4)24-35(34)44-38)36(42)41(28(2)3)32-20-14-9-15-21-32;1-6-23(5)21(25)14-17-13-19(16(4)12-20(17)27-23)22(26)24(15(2)3)18-10-8-7-9-11-18;2*2-1-3/h7-8,10-13,16-19,24-25,28,32H,6,9,14-15,20-23,26-27H2,1-5H3;12-13,15,18H,6-11,14H2,1-5H3;;. The third-order valence-electron chi connectivity index (χ3n) is 15.8. The molecular weight excluding hydrogens is 973 g/mol. The van der Waals surface area contributed by atoms with Crippen molar-refractivity contribution in [2.45, 2.75) is 201 Å². The summed E-state index contributed by atoms with van der Waals surface area (Å²) in [6.07, 6.45) is 13.6. The van der Waals surface area contributed by atoms with Crippen LogP contribution in [0.1, 0.15) is 181 Å². The van der Waals surface area contributed by atoms with Gasteiger partial charge in [0.1, 0.15) is 11.5 Å². The molecule has 14 nitrogen and oxygen atoms in total. The van der Waals surface area contributed by atoms with Crippen LogP contribution in [0.4, 0.5) is 5.69 Å². The minimum atomic E-state index is -0.958. The zero-order chi connectivity index (χ0) is 56.5. The van der Waals surface area contributed by atoms with Gasteiger partial charge >= 0.3 is 12.3 Å². The first kappa shape index (κ1) is 61.1. The quantitative estimate of drug-likeness (QED) is 0.111. The first-order valence-corrected chi connectivity index (χ1v) is 27.8. The Morgan fingerprint density at radius 1 is 0.623 bits per heavy atom. The Hall–Kier alpha value is -6.72. The number of fused-ring (bicyclic) bond motifs is 2. The minimum absolute atomic E-state index is 0.0536. The monoisotopic (exact) mass is 1050 g/mol. The molecule has 0 N–H and O–H groups in total. The van der Waals surface area contributed by atoms with Crippen molar-refractivity contribution in [1.29, 1.82) is 0 Å². The number of anilines is 1.